The van der Waals surface area contributed by atoms with Crippen molar-refractivity contribution in [1.29, 1.82) is 0 Å². The second-order valence-corrected chi connectivity index (χ2v) is 8.57. The summed E-state index contributed by atoms with van der Waals surface area (Å²) in [5, 5.41) is 0. The highest BCUT2D eigenvalue weighted by atomic mass is 19.1. The van der Waals surface area contributed by atoms with Gasteiger partial charge in [-0.15, -0.1) is 0 Å². The van der Waals surface area contributed by atoms with E-state index in [1.54, 1.807) is 17.0 Å². The Morgan fingerprint density at radius 3 is 2.21 bits per heavy atom. The fourth-order valence-corrected chi connectivity index (χ4v) is 4.77. The molecule has 2 heterocycles. The summed E-state index contributed by atoms with van der Waals surface area (Å²) in [7, 11) is 0. The average Bonchev–Trinajstić information content (AvgIpc) is 3.20. The summed E-state index contributed by atoms with van der Waals surface area (Å²) in [6.07, 6.45) is 0.177. The fraction of sp³-hybridized carbons (Fsp3) is 0.259. The van der Waals surface area contributed by atoms with Crippen LogP contribution in [-0.4, -0.2) is 47.8 Å². The van der Waals surface area contributed by atoms with Gasteiger partial charge in [-0.25, -0.2) is 4.39 Å². The number of hydrogen-bond donors (Lipinski definition) is 0. The number of fused-ring (bicyclic) bond motifs is 1. The number of rotatable bonds is 5. The molecule has 3 aromatic rings. The molecule has 3 aromatic carbocycles. The molecule has 0 bridgehead atoms. The number of halogens is 1. The first-order chi connectivity index (χ1) is 16.1. The normalized spacial score (nSPS) is 16.6. The predicted octanol–water partition coefficient (Wildman–Crippen LogP) is 4.26. The van der Waals surface area contributed by atoms with E-state index < -0.39 is 6.04 Å². The van der Waals surface area contributed by atoms with E-state index in [0.29, 0.717) is 25.2 Å². The largest absolute Gasteiger partial charge is 0.368 e. The topological polar surface area (TPSA) is 43.9 Å². The van der Waals surface area contributed by atoms with Crippen molar-refractivity contribution in [2.24, 2.45) is 0 Å². The Hall–Kier alpha value is -3.67. The van der Waals surface area contributed by atoms with E-state index >= 15 is 0 Å². The Morgan fingerprint density at radius 1 is 0.848 bits per heavy atom. The summed E-state index contributed by atoms with van der Waals surface area (Å²) < 4.78 is 13.6. The minimum absolute atomic E-state index is 0.0146. The Morgan fingerprint density at radius 2 is 1.52 bits per heavy atom. The Balaban J connectivity index is 1.32. The van der Waals surface area contributed by atoms with Crippen molar-refractivity contribution < 1.29 is 14.0 Å². The maximum Gasteiger partial charge on any atom is 0.255 e. The van der Waals surface area contributed by atoms with Gasteiger partial charge in [0.05, 0.1) is 12.5 Å². The number of hydrogen-bond acceptors (Lipinski definition) is 3. The van der Waals surface area contributed by atoms with E-state index in [9.17, 15) is 14.0 Å². The van der Waals surface area contributed by atoms with Crippen LogP contribution in [0.1, 0.15) is 33.9 Å². The van der Waals surface area contributed by atoms with Gasteiger partial charge in [-0.3, -0.25) is 9.59 Å². The SMILES string of the molecule is O=C(C[C@H](c1ccc(F)cc1)N1Cc2ccccc2C1=O)N1CCN(c2ccccc2)CC1. The third-order valence-corrected chi connectivity index (χ3v) is 6.60. The molecule has 2 aliphatic rings. The summed E-state index contributed by atoms with van der Waals surface area (Å²) >= 11 is 0. The fourth-order valence-electron chi connectivity index (χ4n) is 4.77. The number of carbonyl (C=O) groups excluding carboxylic acids is 2. The van der Waals surface area contributed by atoms with Crippen molar-refractivity contribution in [2.45, 2.75) is 19.0 Å². The lowest BCUT2D eigenvalue weighted by Crippen LogP contribution is -2.49. The minimum Gasteiger partial charge on any atom is -0.368 e. The zero-order valence-electron chi connectivity index (χ0n) is 18.4. The number of carbonyl (C=O) groups is 2. The van der Waals surface area contributed by atoms with Gasteiger partial charge in [-0.1, -0.05) is 48.5 Å². The van der Waals surface area contributed by atoms with Crippen LogP contribution >= 0.6 is 0 Å². The van der Waals surface area contributed by atoms with Gasteiger partial charge in [-0.2, -0.15) is 0 Å². The highest BCUT2D eigenvalue weighted by Crippen LogP contribution is 2.34. The second kappa shape index (κ2) is 9.06. The van der Waals surface area contributed by atoms with Crippen molar-refractivity contribution in [3.05, 3.63) is 101 Å². The molecule has 1 atom stereocenters. The first kappa shape index (κ1) is 21.2. The molecule has 5 nitrogen and oxygen atoms in total. The Bertz CT molecular complexity index is 1140. The number of nitrogens with zero attached hydrogens (tertiary/aromatic N) is 3. The molecule has 0 radical (unpaired) electrons. The van der Waals surface area contributed by atoms with E-state index in [4.69, 9.17) is 0 Å². The molecule has 2 amide bonds. The maximum absolute atomic E-state index is 13.6. The Labute approximate surface area is 193 Å². The molecule has 1 fully saturated rings. The molecule has 0 spiro atoms. The average molecular weight is 444 g/mol. The van der Waals surface area contributed by atoms with Gasteiger partial charge in [0, 0.05) is 44.0 Å². The third kappa shape index (κ3) is 4.33. The summed E-state index contributed by atoms with van der Waals surface area (Å²) in [6.45, 7) is 3.26. The first-order valence-electron chi connectivity index (χ1n) is 11.3. The van der Waals surface area contributed by atoms with E-state index in [1.807, 2.05) is 47.4 Å². The zero-order chi connectivity index (χ0) is 22.8. The zero-order valence-corrected chi connectivity index (χ0v) is 18.4. The summed E-state index contributed by atoms with van der Waals surface area (Å²) in [4.78, 5) is 32.4. The lowest BCUT2D eigenvalue weighted by molar-refractivity contribution is -0.132. The molecule has 168 valence electrons. The molecule has 0 N–H and O–H groups in total. The monoisotopic (exact) mass is 443 g/mol. The van der Waals surface area contributed by atoms with Crippen LogP contribution in [0.4, 0.5) is 10.1 Å². The maximum atomic E-state index is 13.6. The second-order valence-electron chi connectivity index (χ2n) is 8.57. The first-order valence-corrected chi connectivity index (χ1v) is 11.3. The summed E-state index contributed by atoms with van der Waals surface area (Å²) in [5.74, 6) is -0.403. The standard InChI is InChI=1S/C27H26FN3O2/c28-22-12-10-20(11-13-22)25(31-19-21-6-4-5-9-24(21)27(31)33)18-26(32)30-16-14-29(15-17-30)23-7-2-1-3-8-23/h1-13,25H,14-19H2/t25-/m1/s1. The molecule has 0 saturated carbocycles. The molecule has 33 heavy (non-hydrogen) atoms. The van der Waals surface area contributed by atoms with Crippen LogP contribution in [0.2, 0.25) is 0 Å². The molecule has 2 aliphatic heterocycles. The van der Waals surface area contributed by atoms with Crippen LogP contribution in [0.3, 0.4) is 0 Å². The molecule has 0 unspecified atom stereocenters. The van der Waals surface area contributed by atoms with Crippen LogP contribution < -0.4 is 4.90 Å². The predicted molar refractivity (Wildman–Crippen MR) is 125 cm³/mol. The van der Waals surface area contributed by atoms with Crippen molar-refractivity contribution in [3.63, 3.8) is 0 Å². The van der Waals surface area contributed by atoms with Crippen molar-refractivity contribution in [2.75, 3.05) is 31.1 Å². The highest BCUT2D eigenvalue weighted by molar-refractivity contribution is 5.98. The van der Waals surface area contributed by atoms with Crippen LogP contribution in [0.25, 0.3) is 0 Å². The number of amides is 2. The lowest BCUT2D eigenvalue weighted by atomic mass is 10.0. The van der Waals surface area contributed by atoms with E-state index in [-0.39, 0.29) is 24.1 Å². The van der Waals surface area contributed by atoms with Crippen LogP contribution in [0.5, 0.6) is 0 Å². The molecule has 6 heteroatoms. The van der Waals surface area contributed by atoms with Crippen molar-refractivity contribution in [3.8, 4) is 0 Å². The van der Waals surface area contributed by atoms with Gasteiger partial charge in [0.25, 0.3) is 5.91 Å². The highest BCUT2D eigenvalue weighted by Gasteiger charge is 2.35. The van der Waals surface area contributed by atoms with Crippen molar-refractivity contribution in [1.82, 2.24) is 9.80 Å². The number of piperazine rings is 1. The van der Waals surface area contributed by atoms with Gasteiger partial charge < -0.3 is 14.7 Å². The molecule has 0 aliphatic carbocycles. The third-order valence-electron chi connectivity index (χ3n) is 6.60. The number of para-hydroxylation sites is 1. The number of anilines is 1. The van der Waals surface area contributed by atoms with E-state index in [2.05, 4.69) is 17.0 Å². The summed E-state index contributed by atoms with van der Waals surface area (Å²) in [6, 6.07) is 23.4. The van der Waals surface area contributed by atoms with Gasteiger partial charge in [0.15, 0.2) is 0 Å². The minimum atomic E-state index is -0.440. The van der Waals surface area contributed by atoms with Gasteiger partial charge in [-0.05, 0) is 41.5 Å². The van der Waals surface area contributed by atoms with Crippen LogP contribution in [-0.2, 0) is 11.3 Å². The van der Waals surface area contributed by atoms with Gasteiger partial charge >= 0.3 is 0 Å². The molecular formula is C27H26FN3O2. The van der Waals surface area contributed by atoms with Gasteiger partial charge in [0.1, 0.15) is 5.82 Å². The lowest BCUT2D eigenvalue weighted by Gasteiger charge is -2.37. The van der Waals surface area contributed by atoms with Crippen molar-refractivity contribution >= 4 is 17.5 Å². The molecule has 1 saturated heterocycles. The number of benzene rings is 3. The Kier molecular flexibility index (Phi) is 5.82. The molecular weight excluding hydrogens is 417 g/mol. The van der Waals surface area contributed by atoms with Gasteiger partial charge in [0.2, 0.25) is 5.91 Å². The van der Waals surface area contributed by atoms with Crippen LogP contribution in [0, 0.1) is 5.82 Å². The quantitative estimate of drug-likeness (QED) is 0.592. The van der Waals surface area contributed by atoms with Crippen LogP contribution in [0.15, 0.2) is 78.9 Å². The smallest absolute Gasteiger partial charge is 0.255 e. The molecule has 0 aromatic heterocycles. The van der Waals surface area contributed by atoms with E-state index in [1.165, 1.54) is 12.1 Å². The summed E-state index contributed by atoms with van der Waals surface area (Å²) in [5.41, 5.74) is 3.56. The molecule has 5 rings (SSSR count). The van der Waals surface area contributed by atoms with E-state index in [0.717, 1.165) is 29.9 Å².